The maximum Gasteiger partial charge on any atom is 0.158 e. The van der Waals surface area contributed by atoms with Crippen LogP contribution in [0.25, 0.3) is 10.2 Å². The molecule has 0 fully saturated rings. The largest absolute Gasteiger partial charge is 0.372 e. The topological polar surface area (TPSA) is 53.4 Å². The summed E-state index contributed by atoms with van der Waals surface area (Å²) in [5.74, 6) is 0.753. The molecule has 1 N–H and O–H groups in total. The van der Waals surface area contributed by atoms with Crippen molar-refractivity contribution in [2.24, 2.45) is 5.10 Å². The number of aromatic nitrogens is 2. The molecule has 0 aliphatic heterocycles. The normalized spacial score (nSPS) is 11.4. The summed E-state index contributed by atoms with van der Waals surface area (Å²) in [6, 6.07) is 8.41. The second kappa shape index (κ2) is 7.61. The number of benzene rings is 1. The first-order valence-corrected chi connectivity index (χ1v) is 9.30. The molecule has 0 aliphatic rings. The first-order chi connectivity index (χ1) is 12.1. The molecule has 0 bridgehead atoms. The van der Waals surface area contributed by atoms with Gasteiger partial charge in [0.25, 0.3) is 0 Å². The number of nitrogens with one attached hydrogen (secondary N) is 1. The van der Waals surface area contributed by atoms with E-state index in [0.717, 1.165) is 34.7 Å². The molecule has 3 rings (SSSR count). The van der Waals surface area contributed by atoms with Crippen LogP contribution in [0.2, 0.25) is 0 Å². The minimum atomic E-state index is 0.753. The number of hydrazone groups is 1. The van der Waals surface area contributed by atoms with Gasteiger partial charge in [0.05, 0.1) is 11.6 Å². The Kier molecular flexibility index (Phi) is 5.28. The van der Waals surface area contributed by atoms with Gasteiger partial charge in [-0.3, -0.25) is 5.43 Å². The summed E-state index contributed by atoms with van der Waals surface area (Å²) in [7, 11) is 0. The van der Waals surface area contributed by atoms with Crippen LogP contribution in [0.4, 0.5) is 11.5 Å². The molecule has 3 aromatic rings. The highest BCUT2D eigenvalue weighted by Crippen LogP contribution is 2.32. The standard InChI is InChI=1S/C19H23N5S/c1-5-24(6-2)16-9-7-15(8-10-16)11-22-23-18-17-13(3)14(4)25-19(17)21-12-20-18/h7-12H,5-6H2,1-4H3,(H,20,21,23)/b22-11-. The van der Waals surface area contributed by atoms with E-state index >= 15 is 0 Å². The van der Waals surface area contributed by atoms with Gasteiger partial charge in [-0.15, -0.1) is 11.3 Å². The van der Waals surface area contributed by atoms with E-state index < -0.39 is 0 Å². The van der Waals surface area contributed by atoms with Gasteiger partial charge >= 0.3 is 0 Å². The smallest absolute Gasteiger partial charge is 0.158 e. The zero-order valence-electron chi connectivity index (χ0n) is 15.1. The highest BCUT2D eigenvalue weighted by atomic mass is 32.1. The van der Waals surface area contributed by atoms with Crippen LogP contribution in [0.3, 0.4) is 0 Å². The lowest BCUT2D eigenvalue weighted by atomic mass is 10.2. The lowest BCUT2D eigenvalue weighted by Crippen LogP contribution is -2.21. The molecule has 0 unspecified atom stereocenters. The number of rotatable bonds is 6. The maximum absolute atomic E-state index is 4.35. The number of anilines is 2. The number of hydrogen-bond donors (Lipinski definition) is 1. The van der Waals surface area contributed by atoms with E-state index in [1.54, 1.807) is 17.7 Å². The van der Waals surface area contributed by atoms with Crippen molar-refractivity contribution in [3.63, 3.8) is 0 Å². The third kappa shape index (κ3) is 3.64. The lowest BCUT2D eigenvalue weighted by Gasteiger charge is -2.20. The molecule has 0 atom stereocenters. The summed E-state index contributed by atoms with van der Waals surface area (Å²) in [5, 5.41) is 5.41. The number of thiophene rings is 1. The second-order valence-electron chi connectivity index (χ2n) is 5.82. The van der Waals surface area contributed by atoms with Crippen LogP contribution in [-0.4, -0.2) is 29.3 Å². The Balaban J connectivity index is 1.76. The average molecular weight is 353 g/mol. The van der Waals surface area contributed by atoms with Gasteiger partial charge in [-0.05, 0) is 51.0 Å². The Morgan fingerprint density at radius 3 is 2.52 bits per heavy atom. The highest BCUT2D eigenvalue weighted by Gasteiger charge is 2.11. The Morgan fingerprint density at radius 2 is 1.84 bits per heavy atom. The molecule has 0 saturated heterocycles. The van der Waals surface area contributed by atoms with E-state index in [2.05, 4.69) is 77.4 Å². The van der Waals surface area contributed by atoms with Crippen LogP contribution in [-0.2, 0) is 0 Å². The van der Waals surface area contributed by atoms with Gasteiger partial charge in [-0.25, -0.2) is 9.97 Å². The minimum absolute atomic E-state index is 0.753. The molecule has 2 heterocycles. The molecule has 6 heteroatoms. The molecule has 0 spiro atoms. The Hall–Kier alpha value is -2.47. The summed E-state index contributed by atoms with van der Waals surface area (Å²) in [6.07, 6.45) is 3.39. The predicted molar refractivity (Wildman–Crippen MR) is 108 cm³/mol. The summed E-state index contributed by atoms with van der Waals surface area (Å²) < 4.78 is 0. The molecule has 25 heavy (non-hydrogen) atoms. The van der Waals surface area contributed by atoms with Crippen molar-refractivity contribution in [3.8, 4) is 0 Å². The maximum atomic E-state index is 4.35. The van der Waals surface area contributed by atoms with Crippen LogP contribution < -0.4 is 10.3 Å². The molecule has 0 amide bonds. The molecule has 5 nitrogen and oxygen atoms in total. The lowest BCUT2D eigenvalue weighted by molar-refractivity contribution is 0.866. The van der Waals surface area contributed by atoms with Crippen molar-refractivity contribution in [1.29, 1.82) is 0 Å². The minimum Gasteiger partial charge on any atom is -0.372 e. The first kappa shape index (κ1) is 17.4. The Morgan fingerprint density at radius 1 is 1.12 bits per heavy atom. The van der Waals surface area contributed by atoms with E-state index in [9.17, 15) is 0 Å². The van der Waals surface area contributed by atoms with Crippen LogP contribution in [0.15, 0.2) is 35.7 Å². The van der Waals surface area contributed by atoms with E-state index in [0.29, 0.717) is 0 Å². The van der Waals surface area contributed by atoms with Gasteiger partial charge in [-0.1, -0.05) is 12.1 Å². The van der Waals surface area contributed by atoms with Gasteiger partial charge in [0, 0.05) is 23.7 Å². The van der Waals surface area contributed by atoms with E-state index in [1.165, 1.54) is 16.1 Å². The average Bonchev–Trinajstić information content (AvgIpc) is 2.92. The zero-order chi connectivity index (χ0) is 17.8. The molecular weight excluding hydrogens is 330 g/mol. The predicted octanol–water partition coefficient (Wildman–Crippen LogP) is 4.60. The molecule has 1 aromatic carbocycles. The molecule has 130 valence electrons. The fourth-order valence-electron chi connectivity index (χ4n) is 2.80. The molecule has 0 saturated carbocycles. The molecular formula is C19H23N5S. The van der Waals surface area contributed by atoms with Gasteiger partial charge in [0.15, 0.2) is 5.82 Å². The number of fused-ring (bicyclic) bond motifs is 1. The van der Waals surface area contributed by atoms with Gasteiger partial charge < -0.3 is 4.90 Å². The Labute approximate surface area is 152 Å². The van der Waals surface area contributed by atoms with Gasteiger partial charge in [-0.2, -0.15) is 5.10 Å². The third-order valence-electron chi connectivity index (χ3n) is 4.37. The summed E-state index contributed by atoms with van der Waals surface area (Å²) in [5.41, 5.74) is 6.56. The van der Waals surface area contributed by atoms with Crippen molar-refractivity contribution < 1.29 is 0 Å². The van der Waals surface area contributed by atoms with Crippen molar-refractivity contribution in [2.45, 2.75) is 27.7 Å². The molecule has 2 aromatic heterocycles. The van der Waals surface area contributed by atoms with Gasteiger partial charge in [0.2, 0.25) is 0 Å². The van der Waals surface area contributed by atoms with Crippen molar-refractivity contribution in [2.75, 3.05) is 23.4 Å². The quantitative estimate of drug-likeness (QED) is 0.520. The summed E-state index contributed by atoms with van der Waals surface area (Å²) in [6.45, 7) is 10.5. The molecule has 0 radical (unpaired) electrons. The van der Waals surface area contributed by atoms with Crippen LogP contribution >= 0.6 is 11.3 Å². The second-order valence-corrected chi connectivity index (χ2v) is 7.02. The number of aryl methyl sites for hydroxylation is 2. The van der Waals surface area contributed by atoms with Crippen LogP contribution in [0.1, 0.15) is 29.9 Å². The first-order valence-electron chi connectivity index (χ1n) is 8.48. The SMILES string of the molecule is CCN(CC)c1ccc(/C=N\Nc2ncnc3sc(C)c(C)c23)cc1. The zero-order valence-corrected chi connectivity index (χ0v) is 15.9. The fraction of sp³-hybridized carbons (Fsp3) is 0.316. The fourth-order valence-corrected chi connectivity index (χ4v) is 3.79. The third-order valence-corrected chi connectivity index (χ3v) is 5.49. The van der Waals surface area contributed by atoms with Crippen LogP contribution in [0, 0.1) is 13.8 Å². The highest BCUT2D eigenvalue weighted by molar-refractivity contribution is 7.18. The van der Waals surface area contributed by atoms with Crippen molar-refractivity contribution in [3.05, 3.63) is 46.6 Å². The van der Waals surface area contributed by atoms with E-state index in [1.807, 2.05) is 6.21 Å². The summed E-state index contributed by atoms with van der Waals surface area (Å²) in [4.78, 5) is 13.2. The number of nitrogens with zero attached hydrogens (tertiary/aromatic N) is 4. The molecule has 0 aliphatic carbocycles. The summed E-state index contributed by atoms with van der Waals surface area (Å²) >= 11 is 1.68. The van der Waals surface area contributed by atoms with Crippen LogP contribution in [0.5, 0.6) is 0 Å². The monoisotopic (exact) mass is 353 g/mol. The van der Waals surface area contributed by atoms with E-state index in [-0.39, 0.29) is 0 Å². The van der Waals surface area contributed by atoms with E-state index in [4.69, 9.17) is 0 Å². The Bertz CT molecular complexity index is 879. The van der Waals surface area contributed by atoms with Crippen molar-refractivity contribution in [1.82, 2.24) is 9.97 Å². The van der Waals surface area contributed by atoms with Crippen molar-refractivity contribution >= 4 is 39.3 Å². The van der Waals surface area contributed by atoms with Gasteiger partial charge in [0.1, 0.15) is 11.2 Å². The number of hydrogen-bond acceptors (Lipinski definition) is 6.